The van der Waals surface area contributed by atoms with E-state index >= 15 is 0 Å². The van der Waals surface area contributed by atoms with E-state index in [0.29, 0.717) is 30.9 Å². The van der Waals surface area contributed by atoms with Gasteiger partial charge in [-0.3, -0.25) is 14.3 Å². The Hall–Kier alpha value is -1.52. The molecule has 9 heteroatoms. The third kappa shape index (κ3) is 3.91. The molecule has 0 spiro atoms. The van der Waals surface area contributed by atoms with Gasteiger partial charge < -0.3 is 13.8 Å². The highest BCUT2D eigenvalue weighted by Gasteiger charge is 2.50. The molecule has 6 atom stereocenters. The number of nitrogens with zero attached hydrogens (tertiary/aromatic N) is 2. The zero-order chi connectivity index (χ0) is 18.8. The van der Waals surface area contributed by atoms with E-state index in [1.165, 1.54) is 4.57 Å². The van der Waals surface area contributed by atoms with Crippen molar-refractivity contribution < 1.29 is 13.8 Å². The molecule has 2 heterocycles. The molecule has 1 aliphatic heterocycles. The van der Waals surface area contributed by atoms with Crippen molar-refractivity contribution in [3.63, 3.8) is 0 Å². The van der Waals surface area contributed by atoms with Crippen LogP contribution in [0.25, 0.3) is 0 Å². The normalized spacial score (nSPS) is 31.5. The molecule has 1 unspecified atom stereocenters. The highest BCUT2D eigenvalue weighted by atomic mass is 31.2. The van der Waals surface area contributed by atoms with Gasteiger partial charge >= 0.3 is 5.69 Å². The van der Waals surface area contributed by atoms with Crippen LogP contribution in [0.4, 0.5) is 0 Å². The summed E-state index contributed by atoms with van der Waals surface area (Å²) in [6.45, 7) is 6.06. The van der Waals surface area contributed by atoms with E-state index in [9.17, 15) is 9.59 Å². The number of aryl methyl sites for hydroxylation is 1. The van der Waals surface area contributed by atoms with Crippen LogP contribution in [-0.2, 0) is 13.8 Å². The SMILES string of the molecule is Cc1cn([C@H]2C[C@@H]3[C@H](O2)[C@H](C)C[C@H]3OP(C)OCCC#N)c(=O)[nH]c1=O. The summed E-state index contributed by atoms with van der Waals surface area (Å²) in [5.41, 5.74) is -0.340. The summed E-state index contributed by atoms with van der Waals surface area (Å²) in [6, 6.07) is 2.05. The second-order valence-electron chi connectivity index (χ2n) is 6.97. The number of fused-ring (bicyclic) bond motifs is 1. The minimum atomic E-state index is -1.05. The van der Waals surface area contributed by atoms with Crippen molar-refractivity contribution in [1.82, 2.24) is 9.55 Å². The van der Waals surface area contributed by atoms with Crippen molar-refractivity contribution in [3.8, 4) is 6.07 Å². The summed E-state index contributed by atoms with van der Waals surface area (Å²) >= 11 is 0. The predicted octanol–water partition coefficient (Wildman–Crippen LogP) is 2.05. The van der Waals surface area contributed by atoms with Crippen LogP contribution in [0.1, 0.15) is 38.0 Å². The summed E-state index contributed by atoms with van der Waals surface area (Å²) in [7, 11) is -1.05. The van der Waals surface area contributed by atoms with Crippen LogP contribution in [0.15, 0.2) is 15.8 Å². The number of H-pyrrole nitrogens is 1. The second-order valence-corrected chi connectivity index (χ2v) is 8.32. The summed E-state index contributed by atoms with van der Waals surface area (Å²) in [6.07, 6.45) is 3.09. The summed E-state index contributed by atoms with van der Waals surface area (Å²) < 4.78 is 19.3. The molecule has 2 aliphatic rings. The van der Waals surface area contributed by atoms with Gasteiger partial charge in [0.05, 0.1) is 31.3 Å². The lowest BCUT2D eigenvalue weighted by Gasteiger charge is -2.22. The number of ether oxygens (including phenoxy) is 1. The van der Waals surface area contributed by atoms with Crippen LogP contribution in [0.3, 0.4) is 0 Å². The van der Waals surface area contributed by atoms with Gasteiger partial charge in [-0.25, -0.2) is 4.79 Å². The average molecular weight is 381 g/mol. The van der Waals surface area contributed by atoms with Crippen molar-refractivity contribution in [2.45, 2.75) is 51.5 Å². The third-order valence-electron chi connectivity index (χ3n) is 5.08. The molecule has 0 aromatic carbocycles. The van der Waals surface area contributed by atoms with Crippen molar-refractivity contribution in [3.05, 3.63) is 32.6 Å². The minimum Gasteiger partial charge on any atom is -0.354 e. The van der Waals surface area contributed by atoms with Crippen molar-refractivity contribution in [2.24, 2.45) is 11.8 Å². The van der Waals surface area contributed by atoms with Crippen LogP contribution in [-0.4, -0.2) is 35.0 Å². The Morgan fingerprint density at radius 3 is 2.96 bits per heavy atom. The van der Waals surface area contributed by atoms with Crippen LogP contribution >= 0.6 is 8.38 Å². The maximum Gasteiger partial charge on any atom is 0.330 e. The smallest absolute Gasteiger partial charge is 0.330 e. The fourth-order valence-corrected chi connectivity index (χ4v) is 4.87. The first-order valence-corrected chi connectivity index (χ1v) is 10.4. The van der Waals surface area contributed by atoms with Crippen LogP contribution in [0.5, 0.6) is 0 Å². The number of nitriles is 1. The Labute approximate surface area is 153 Å². The van der Waals surface area contributed by atoms with Gasteiger partial charge in [0, 0.05) is 30.8 Å². The minimum absolute atomic E-state index is 0.0118. The maximum absolute atomic E-state index is 12.1. The number of aromatic amines is 1. The average Bonchev–Trinajstić information content (AvgIpc) is 3.13. The van der Waals surface area contributed by atoms with Gasteiger partial charge in [0.25, 0.3) is 5.56 Å². The van der Waals surface area contributed by atoms with Gasteiger partial charge in [-0.15, -0.1) is 0 Å². The van der Waals surface area contributed by atoms with E-state index in [0.717, 1.165) is 6.42 Å². The quantitative estimate of drug-likeness (QED) is 0.597. The number of aromatic nitrogens is 2. The van der Waals surface area contributed by atoms with E-state index < -0.39 is 20.3 Å². The highest BCUT2D eigenvalue weighted by molar-refractivity contribution is 7.46. The molecule has 0 bridgehead atoms. The molecule has 8 nitrogen and oxygen atoms in total. The van der Waals surface area contributed by atoms with Crippen LogP contribution < -0.4 is 11.2 Å². The van der Waals surface area contributed by atoms with Gasteiger partial charge in [0.15, 0.2) is 8.38 Å². The molecule has 1 saturated heterocycles. The molecule has 1 saturated carbocycles. The van der Waals surface area contributed by atoms with Gasteiger partial charge in [-0.1, -0.05) is 6.92 Å². The van der Waals surface area contributed by atoms with Gasteiger partial charge in [-0.05, 0) is 19.3 Å². The Morgan fingerprint density at radius 1 is 1.46 bits per heavy atom. The predicted molar refractivity (Wildman–Crippen MR) is 95.8 cm³/mol. The van der Waals surface area contributed by atoms with Gasteiger partial charge in [0.2, 0.25) is 0 Å². The van der Waals surface area contributed by atoms with Crippen LogP contribution in [0, 0.1) is 30.1 Å². The fraction of sp³-hybridized carbons (Fsp3) is 0.706. The topological polar surface area (TPSA) is 106 Å². The maximum atomic E-state index is 12.1. The Morgan fingerprint density at radius 2 is 2.23 bits per heavy atom. The molecule has 1 aromatic rings. The summed E-state index contributed by atoms with van der Waals surface area (Å²) in [4.78, 5) is 26.0. The molecule has 142 valence electrons. The molecular formula is C17H24N3O5P. The lowest BCUT2D eigenvalue weighted by Crippen LogP contribution is -2.33. The second kappa shape index (κ2) is 8.01. The zero-order valence-electron chi connectivity index (χ0n) is 15.2. The molecule has 0 amide bonds. The molecular weight excluding hydrogens is 357 g/mol. The van der Waals surface area contributed by atoms with E-state index in [2.05, 4.69) is 18.0 Å². The number of rotatable bonds is 6. The van der Waals surface area contributed by atoms with E-state index in [1.54, 1.807) is 13.1 Å². The molecule has 0 radical (unpaired) electrons. The summed E-state index contributed by atoms with van der Waals surface area (Å²) in [5, 5.41) is 8.59. The number of hydrogen-bond acceptors (Lipinski definition) is 6. The standard InChI is InChI=1S/C17H24N3O5P/c1-10-7-13(25-26(3)23-6-4-5-18)12-8-14(24-15(10)12)20-9-11(2)16(21)19-17(20)22/h9-10,12-15H,4,6-8H2,1-3H3,(H,19,21,22)/t10-,12+,13-,14-,15-,26?/m1/s1. The molecule has 26 heavy (non-hydrogen) atoms. The van der Waals surface area contributed by atoms with Crippen molar-refractivity contribution in [1.29, 1.82) is 5.26 Å². The molecule has 3 rings (SSSR count). The van der Waals surface area contributed by atoms with Crippen LogP contribution in [0.2, 0.25) is 0 Å². The lowest BCUT2D eigenvalue weighted by molar-refractivity contribution is -0.0220. The Kier molecular flexibility index (Phi) is 5.93. The summed E-state index contributed by atoms with van der Waals surface area (Å²) in [5.74, 6) is 0.496. The molecule has 1 N–H and O–H groups in total. The molecule has 2 fully saturated rings. The van der Waals surface area contributed by atoms with Gasteiger partial charge in [-0.2, -0.15) is 5.26 Å². The fourth-order valence-electron chi connectivity index (χ4n) is 3.84. The number of nitrogens with one attached hydrogen (secondary N) is 1. The van der Waals surface area contributed by atoms with E-state index in [4.69, 9.17) is 19.0 Å². The first-order chi connectivity index (χ1) is 12.4. The third-order valence-corrected chi connectivity index (χ3v) is 6.19. The molecule has 1 aliphatic carbocycles. The van der Waals surface area contributed by atoms with Crippen molar-refractivity contribution >= 4 is 8.38 Å². The van der Waals surface area contributed by atoms with Gasteiger partial charge in [0.1, 0.15) is 6.23 Å². The van der Waals surface area contributed by atoms with E-state index in [1.807, 2.05) is 6.66 Å². The highest BCUT2D eigenvalue weighted by Crippen LogP contribution is 2.50. The lowest BCUT2D eigenvalue weighted by atomic mass is 10.0. The first kappa shape index (κ1) is 19.2. The monoisotopic (exact) mass is 381 g/mol. The Bertz CT molecular complexity index is 801. The molecule has 1 aromatic heterocycles. The first-order valence-electron chi connectivity index (χ1n) is 8.78. The van der Waals surface area contributed by atoms with E-state index in [-0.39, 0.29) is 23.7 Å². The zero-order valence-corrected chi connectivity index (χ0v) is 16.1. The Balaban J connectivity index is 1.69. The largest absolute Gasteiger partial charge is 0.354 e. The number of hydrogen-bond donors (Lipinski definition) is 1. The van der Waals surface area contributed by atoms with Crippen molar-refractivity contribution in [2.75, 3.05) is 13.3 Å².